The van der Waals surface area contributed by atoms with Crippen LogP contribution in [-0.4, -0.2) is 49.7 Å². The van der Waals surface area contributed by atoms with Crippen molar-refractivity contribution in [2.45, 2.75) is 53.5 Å². The van der Waals surface area contributed by atoms with E-state index in [2.05, 4.69) is 44.8 Å². The molecule has 3 rings (SSSR count). The van der Waals surface area contributed by atoms with E-state index in [0.29, 0.717) is 22.3 Å². The fraction of sp³-hybridized carbons (Fsp3) is 0.941. The molecule has 2 saturated heterocycles. The van der Waals surface area contributed by atoms with E-state index < -0.39 is 0 Å². The molecule has 0 radical (unpaired) electrons. The van der Waals surface area contributed by atoms with Crippen molar-refractivity contribution in [2.24, 2.45) is 21.2 Å². The van der Waals surface area contributed by atoms with Crippen molar-refractivity contribution in [3.63, 3.8) is 0 Å². The summed E-state index contributed by atoms with van der Waals surface area (Å²) in [6.45, 7) is 16.5. The molecule has 1 N–H and O–H groups in total. The minimum Gasteiger partial charge on any atom is -0.381 e. The summed E-state index contributed by atoms with van der Waals surface area (Å²) in [5.74, 6) is 1.12. The van der Waals surface area contributed by atoms with Crippen LogP contribution in [0.15, 0.2) is 4.99 Å². The molecule has 0 aromatic carbocycles. The Bertz CT molecular complexity index is 421. The van der Waals surface area contributed by atoms with Gasteiger partial charge in [0.15, 0.2) is 5.96 Å². The molecule has 1 unspecified atom stereocenters. The summed E-state index contributed by atoms with van der Waals surface area (Å²) in [5, 5.41) is 3.76. The molecule has 3 aliphatic rings. The molecule has 4 heteroatoms. The average molecular weight is 293 g/mol. The zero-order valence-corrected chi connectivity index (χ0v) is 14.3. The Morgan fingerprint density at radius 1 is 1.24 bits per heavy atom. The van der Waals surface area contributed by atoms with Crippen LogP contribution in [0.3, 0.4) is 0 Å². The number of nitrogens with one attached hydrogen (secondary N) is 1. The van der Waals surface area contributed by atoms with Crippen molar-refractivity contribution in [3.05, 3.63) is 0 Å². The second-order valence-electron chi connectivity index (χ2n) is 8.29. The molecular weight excluding hydrogens is 262 g/mol. The van der Waals surface area contributed by atoms with E-state index in [1.54, 1.807) is 0 Å². The number of likely N-dealkylation sites (tertiary alicyclic amines) is 1. The minimum absolute atomic E-state index is 0.343. The topological polar surface area (TPSA) is 36.9 Å². The molecule has 4 nitrogen and oxygen atoms in total. The standard InChI is InChI=1S/C17H31N3O/c1-6-18-14(19-13-15(2,3)16(13,4)5)20-9-7-17(11-20)8-10-21-12-17/h13H,6-12H2,1-5H3,(H,18,19). The fourth-order valence-corrected chi connectivity index (χ4v) is 4.16. The van der Waals surface area contributed by atoms with E-state index in [4.69, 9.17) is 9.73 Å². The molecule has 0 amide bonds. The smallest absolute Gasteiger partial charge is 0.194 e. The van der Waals surface area contributed by atoms with Gasteiger partial charge < -0.3 is 15.0 Å². The Kier molecular flexibility index (Phi) is 3.51. The first-order chi connectivity index (χ1) is 9.82. The quantitative estimate of drug-likeness (QED) is 0.628. The van der Waals surface area contributed by atoms with Crippen molar-refractivity contribution >= 4 is 5.96 Å². The first-order valence-electron chi connectivity index (χ1n) is 8.46. The predicted octanol–water partition coefficient (Wildman–Crippen LogP) is 2.50. The van der Waals surface area contributed by atoms with E-state index in [-0.39, 0.29) is 0 Å². The highest BCUT2D eigenvalue weighted by Crippen LogP contribution is 2.62. The third-order valence-electron chi connectivity index (χ3n) is 6.52. The van der Waals surface area contributed by atoms with Crippen LogP contribution in [0.5, 0.6) is 0 Å². The minimum atomic E-state index is 0.343. The van der Waals surface area contributed by atoms with Crippen LogP contribution in [0.4, 0.5) is 0 Å². The first-order valence-corrected chi connectivity index (χ1v) is 8.46. The third kappa shape index (κ3) is 2.36. The summed E-state index contributed by atoms with van der Waals surface area (Å²) in [6.07, 6.45) is 2.46. The van der Waals surface area contributed by atoms with Gasteiger partial charge in [0, 0.05) is 37.7 Å². The fourth-order valence-electron chi connectivity index (χ4n) is 4.16. The number of guanidine groups is 1. The zero-order chi connectivity index (χ0) is 15.3. The van der Waals surface area contributed by atoms with Gasteiger partial charge >= 0.3 is 0 Å². The summed E-state index contributed by atoms with van der Waals surface area (Å²) in [5.41, 5.74) is 1.08. The summed E-state index contributed by atoms with van der Waals surface area (Å²) in [4.78, 5) is 7.22. The van der Waals surface area contributed by atoms with Crippen LogP contribution in [0.1, 0.15) is 47.5 Å². The maximum absolute atomic E-state index is 5.64. The van der Waals surface area contributed by atoms with Crippen molar-refractivity contribution < 1.29 is 4.74 Å². The molecule has 1 aliphatic carbocycles. The number of ether oxygens (including phenoxy) is 1. The Labute approximate surface area is 129 Å². The van der Waals surface area contributed by atoms with Crippen LogP contribution < -0.4 is 5.32 Å². The van der Waals surface area contributed by atoms with Crippen LogP contribution in [0, 0.1) is 16.2 Å². The van der Waals surface area contributed by atoms with E-state index in [1.807, 2.05) is 0 Å². The molecule has 2 aliphatic heterocycles. The molecular formula is C17H31N3O. The highest BCUT2D eigenvalue weighted by Gasteiger charge is 2.65. The zero-order valence-electron chi connectivity index (χ0n) is 14.3. The first kappa shape index (κ1) is 15.1. The van der Waals surface area contributed by atoms with Gasteiger partial charge in [0.25, 0.3) is 0 Å². The lowest BCUT2D eigenvalue weighted by Crippen LogP contribution is -2.44. The van der Waals surface area contributed by atoms with Crippen molar-refractivity contribution in [1.82, 2.24) is 10.2 Å². The van der Waals surface area contributed by atoms with Gasteiger partial charge in [-0.05, 0) is 30.6 Å². The van der Waals surface area contributed by atoms with E-state index in [0.717, 1.165) is 38.8 Å². The largest absolute Gasteiger partial charge is 0.381 e. The third-order valence-corrected chi connectivity index (χ3v) is 6.52. The highest BCUT2D eigenvalue weighted by atomic mass is 16.5. The lowest BCUT2D eigenvalue weighted by molar-refractivity contribution is 0.156. The van der Waals surface area contributed by atoms with Gasteiger partial charge in [-0.15, -0.1) is 0 Å². The Morgan fingerprint density at radius 3 is 2.48 bits per heavy atom. The second kappa shape index (κ2) is 4.87. The number of rotatable bonds is 2. The molecule has 120 valence electrons. The van der Waals surface area contributed by atoms with Crippen LogP contribution >= 0.6 is 0 Å². The van der Waals surface area contributed by atoms with Gasteiger partial charge in [-0.3, -0.25) is 4.99 Å². The SMILES string of the molecule is CCN=C(NC1C(C)(C)C1(C)C)N1CCC2(CCOC2)C1. The molecule has 3 fully saturated rings. The Morgan fingerprint density at radius 2 is 1.95 bits per heavy atom. The molecule has 0 aromatic heterocycles. The van der Waals surface area contributed by atoms with Gasteiger partial charge in [-0.1, -0.05) is 27.7 Å². The van der Waals surface area contributed by atoms with E-state index >= 15 is 0 Å². The predicted molar refractivity (Wildman–Crippen MR) is 86.5 cm³/mol. The maximum Gasteiger partial charge on any atom is 0.194 e. The van der Waals surface area contributed by atoms with Crippen LogP contribution in [-0.2, 0) is 4.74 Å². The molecule has 2 heterocycles. The lowest BCUT2D eigenvalue weighted by Gasteiger charge is -2.26. The van der Waals surface area contributed by atoms with Gasteiger partial charge in [-0.2, -0.15) is 0 Å². The van der Waals surface area contributed by atoms with Crippen molar-refractivity contribution in [3.8, 4) is 0 Å². The summed E-state index contributed by atoms with van der Waals surface area (Å²) >= 11 is 0. The van der Waals surface area contributed by atoms with Gasteiger partial charge in [-0.25, -0.2) is 0 Å². The number of nitrogens with zero attached hydrogens (tertiary/aromatic N) is 2. The number of aliphatic imine (C=N–C) groups is 1. The second-order valence-corrected chi connectivity index (χ2v) is 8.29. The van der Waals surface area contributed by atoms with Crippen molar-refractivity contribution in [2.75, 3.05) is 32.8 Å². The molecule has 0 bridgehead atoms. The molecule has 0 aromatic rings. The average Bonchev–Trinajstić information content (AvgIpc) is 2.93. The lowest BCUT2D eigenvalue weighted by atomic mass is 9.87. The highest BCUT2D eigenvalue weighted by molar-refractivity contribution is 5.81. The van der Waals surface area contributed by atoms with Gasteiger partial charge in [0.2, 0.25) is 0 Å². The van der Waals surface area contributed by atoms with Crippen LogP contribution in [0.25, 0.3) is 0 Å². The monoisotopic (exact) mass is 293 g/mol. The summed E-state index contributed by atoms with van der Waals surface area (Å²) in [7, 11) is 0. The normalized spacial score (nSPS) is 34.7. The van der Waals surface area contributed by atoms with Gasteiger partial charge in [0.1, 0.15) is 0 Å². The molecule has 21 heavy (non-hydrogen) atoms. The van der Waals surface area contributed by atoms with Crippen molar-refractivity contribution in [1.29, 1.82) is 0 Å². The van der Waals surface area contributed by atoms with E-state index in [9.17, 15) is 0 Å². The number of hydrogen-bond donors (Lipinski definition) is 1. The molecule has 1 atom stereocenters. The van der Waals surface area contributed by atoms with E-state index in [1.165, 1.54) is 12.8 Å². The summed E-state index contributed by atoms with van der Waals surface area (Å²) in [6, 6.07) is 0.520. The van der Waals surface area contributed by atoms with Gasteiger partial charge in [0.05, 0.1) is 6.61 Å². The number of hydrogen-bond acceptors (Lipinski definition) is 2. The molecule has 1 saturated carbocycles. The Balaban J connectivity index is 1.68. The Hall–Kier alpha value is -0.770. The molecule has 1 spiro atoms. The van der Waals surface area contributed by atoms with Crippen LogP contribution in [0.2, 0.25) is 0 Å². The maximum atomic E-state index is 5.64. The summed E-state index contributed by atoms with van der Waals surface area (Å²) < 4.78 is 5.64.